The van der Waals surface area contributed by atoms with Gasteiger partial charge < -0.3 is 10.6 Å². The highest BCUT2D eigenvalue weighted by atomic mass is 16.2. The molecule has 1 atom stereocenters. The lowest BCUT2D eigenvalue weighted by atomic mass is 9.87. The fourth-order valence-corrected chi connectivity index (χ4v) is 1.42. The van der Waals surface area contributed by atoms with E-state index in [1.165, 1.54) is 0 Å². The van der Waals surface area contributed by atoms with Gasteiger partial charge in [-0.2, -0.15) is 0 Å². The Labute approximate surface area is 87.6 Å². The zero-order valence-electron chi connectivity index (χ0n) is 10.1. The number of hydrogen-bond donors (Lipinski definition) is 1. The number of nitrogens with two attached hydrogens (primary N) is 1. The smallest absolute Gasteiger partial charge is 0.223 e. The Kier molecular flexibility index (Phi) is 5.13. The maximum absolute atomic E-state index is 11.5. The summed E-state index contributed by atoms with van der Waals surface area (Å²) in [5, 5.41) is 0. The van der Waals surface area contributed by atoms with Crippen LogP contribution in [0.2, 0.25) is 0 Å². The summed E-state index contributed by atoms with van der Waals surface area (Å²) >= 11 is 0. The van der Waals surface area contributed by atoms with Crippen LogP contribution < -0.4 is 5.73 Å². The Bertz CT molecular complexity index is 184. The van der Waals surface area contributed by atoms with Crippen molar-refractivity contribution in [2.24, 2.45) is 11.1 Å². The van der Waals surface area contributed by atoms with Crippen LogP contribution in [-0.2, 0) is 4.79 Å². The lowest BCUT2D eigenvalue weighted by Gasteiger charge is -2.24. The number of amides is 1. The molecule has 2 N–H and O–H groups in total. The van der Waals surface area contributed by atoms with Crippen molar-refractivity contribution in [3.8, 4) is 0 Å². The fraction of sp³-hybridized carbons (Fsp3) is 0.909. The van der Waals surface area contributed by atoms with Crippen molar-refractivity contribution in [1.29, 1.82) is 0 Å². The lowest BCUT2D eigenvalue weighted by Crippen LogP contribution is -2.35. The first-order valence-electron chi connectivity index (χ1n) is 5.26. The largest absolute Gasteiger partial charge is 0.346 e. The fourth-order valence-electron chi connectivity index (χ4n) is 1.42. The standard InChI is InChI=1S/C11H24N2O/c1-6-13(5)10(14)7-9(12)8-11(2,3)4/h9H,6-8,12H2,1-5H3. The maximum Gasteiger partial charge on any atom is 0.223 e. The van der Waals surface area contributed by atoms with Crippen molar-refractivity contribution in [3.63, 3.8) is 0 Å². The van der Waals surface area contributed by atoms with E-state index in [2.05, 4.69) is 20.8 Å². The Morgan fingerprint density at radius 3 is 2.29 bits per heavy atom. The van der Waals surface area contributed by atoms with E-state index in [9.17, 15) is 4.79 Å². The molecular formula is C11H24N2O. The van der Waals surface area contributed by atoms with E-state index in [-0.39, 0.29) is 17.4 Å². The zero-order valence-corrected chi connectivity index (χ0v) is 10.1. The Balaban J connectivity index is 3.95. The van der Waals surface area contributed by atoms with Gasteiger partial charge in [0.1, 0.15) is 0 Å². The molecule has 0 rings (SSSR count). The number of carbonyl (C=O) groups is 1. The second-order valence-electron chi connectivity index (χ2n) is 5.14. The van der Waals surface area contributed by atoms with Gasteiger partial charge in [-0.3, -0.25) is 4.79 Å². The van der Waals surface area contributed by atoms with Gasteiger partial charge in [-0.15, -0.1) is 0 Å². The van der Waals surface area contributed by atoms with Crippen LogP contribution >= 0.6 is 0 Å². The molecule has 1 unspecified atom stereocenters. The first-order valence-corrected chi connectivity index (χ1v) is 5.26. The molecular weight excluding hydrogens is 176 g/mol. The molecule has 0 aliphatic carbocycles. The van der Waals surface area contributed by atoms with Crippen molar-refractivity contribution < 1.29 is 4.79 Å². The summed E-state index contributed by atoms with van der Waals surface area (Å²) < 4.78 is 0. The van der Waals surface area contributed by atoms with E-state index in [1.807, 2.05) is 14.0 Å². The highest BCUT2D eigenvalue weighted by molar-refractivity contribution is 5.76. The topological polar surface area (TPSA) is 46.3 Å². The van der Waals surface area contributed by atoms with Crippen LogP contribution in [0, 0.1) is 5.41 Å². The second kappa shape index (κ2) is 5.35. The maximum atomic E-state index is 11.5. The molecule has 0 aliphatic rings. The molecule has 0 aromatic heterocycles. The van der Waals surface area contributed by atoms with Crippen LogP contribution in [0.5, 0.6) is 0 Å². The molecule has 3 nitrogen and oxygen atoms in total. The average molecular weight is 200 g/mol. The molecule has 0 aliphatic heterocycles. The summed E-state index contributed by atoms with van der Waals surface area (Å²) in [4.78, 5) is 13.2. The van der Waals surface area contributed by atoms with E-state index >= 15 is 0 Å². The molecule has 0 heterocycles. The molecule has 0 fully saturated rings. The molecule has 0 bridgehead atoms. The molecule has 0 radical (unpaired) electrons. The molecule has 0 saturated carbocycles. The van der Waals surface area contributed by atoms with Gasteiger partial charge in [0.15, 0.2) is 0 Å². The molecule has 0 spiro atoms. The third-order valence-electron chi connectivity index (χ3n) is 2.21. The molecule has 0 aromatic carbocycles. The Morgan fingerprint density at radius 1 is 1.43 bits per heavy atom. The zero-order chi connectivity index (χ0) is 11.4. The lowest BCUT2D eigenvalue weighted by molar-refractivity contribution is -0.130. The third-order valence-corrected chi connectivity index (χ3v) is 2.21. The average Bonchev–Trinajstić information content (AvgIpc) is 1.99. The van der Waals surface area contributed by atoms with Crippen LogP contribution in [0.1, 0.15) is 40.5 Å². The van der Waals surface area contributed by atoms with Crippen molar-refractivity contribution in [2.75, 3.05) is 13.6 Å². The highest BCUT2D eigenvalue weighted by Gasteiger charge is 2.19. The van der Waals surface area contributed by atoms with E-state index in [4.69, 9.17) is 5.73 Å². The predicted molar refractivity (Wildman–Crippen MR) is 60.0 cm³/mol. The molecule has 0 aromatic rings. The van der Waals surface area contributed by atoms with Gasteiger partial charge in [-0.1, -0.05) is 20.8 Å². The van der Waals surface area contributed by atoms with Crippen molar-refractivity contribution in [2.45, 2.75) is 46.6 Å². The highest BCUT2D eigenvalue weighted by Crippen LogP contribution is 2.21. The summed E-state index contributed by atoms with van der Waals surface area (Å²) in [7, 11) is 1.81. The van der Waals surface area contributed by atoms with Crippen molar-refractivity contribution in [3.05, 3.63) is 0 Å². The summed E-state index contributed by atoms with van der Waals surface area (Å²) in [6.07, 6.45) is 1.35. The van der Waals surface area contributed by atoms with E-state index in [0.29, 0.717) is 6.42 Å². The van der Waals surface area contributed by atoms with Crippen LogP contribution in [0.15, 0.2) is 0 Å². The van der Waals surface area contributed by atoms with E-state index < -0.39 is 0 Å². The molecule has 1 amide bonds. The van der Waals surface area contributed by atoms with Crippen LogP contribution in [-0.4, -0.2) is 30.4 Å². The second-order valence-corrected chi connectivity index (χ2v) is 5.14. The van der Waals surface area contributed by atoms with Crippen molar-refractivity contribution >= 4 is 5.91 Å². The van der Waals surface area contributed by atoms with Gasteiger partial charge in [0.05, 0.1) is 0 Å². The SMILES string of the molecule is CCN(C)C(=O)CC(N)CC(C)(C)C. The van der Waals surface area contributed by atoms with E-state index in [1.54, 1.807) is 4.90 Å². The monoisotopic (exact) mass is 200 g/mol. The van der Waals surface area contributed by atoms with Crippen LogP contribution in [0.3, 0.4) is 0 Å². The van der Waals surface area contributed by atoms with Gasteiger partial charge in [-0.25, -0.2) is 0 Å². The predicted octanol–water partition coefficient (Wildman–Crippen LogP) is 1.62. The molecule has 0 saturated heterocycles. The third kappa shape index (κ3) is 5.97. The molecule has 3 heteroatoms. The van der Waals surface area contributed by atoms with Crippen LogP contribution in [0.25, 0.3) is 0 Å². The normalized spacial score (nSPS) is 13.9. The minimum absolute atomic E-state index is 0.0171. The van der Waals surface area contributed by atoms with Crippen molar-refractivity contribution in [1.82, 2.24) is 4.90 Å². The van der Waals surface area contributed by atoms with E-state index in [0.717, 1.165) is 13.0 Å². The summed E-state index contributed by atoms with van der Waals surface area (Å²) in [6, 6.07) is -0.0171. The van der Waals surface area contributed by atoms with Gasteiger partial charge in [0, 0.05) is 26.1 Å². The molecule has 14 heavy (non-hydrogen) atoms. The number of rotatable bonds is 4. The minimum Gasteiger partial charge on any atom is -0.346 e. The number of nitrogens with zero attached hydrogens (tertiary/aromatic N) is 1. The summed E-state index contributed by atoms with van der Waals surface area (Å²) in [6.45, 7) is 9.14. The minimum atomic E-state index is -0.0171. The summed E-state index contributed by atoms with van der Waals surface area (Å²) in [5.41, 5.74) is 6.10. The number of carbonyl (C=O) groups excluding carboxylic acids is 1. The van der Waals surface area contributed by atoms with Gasteiger partial charge in [0.25, 0.3) is 0 Å². The first-order chi connectivity index (χ1) is 6.26. The van der Waals surface area contributed by atoms with Crippen LogP contribution in [0.4, 0.5) is 0 Å². The first kappa shape index (κ1) is 13.4. The van der Waals surface area contributed by atoms with Gasteiger partial charge in [-0.05, 0) is 18.8 Å². The van der Waals surface area contributed by atoms with Gasteiger partial charge >= 0.3 is 0 Å². The summed E-state index contributed by atoms with van der Waals surface area (Å²) in [5.74, 6) is 0.143. The quantitative estimate of drug-likeness (QED) is 0.749. The molecule has 84 valence electrons. The van der Waals surface area contributed by atoms with Gasteiger partial charge in [0.2, 0.25) is 5.91 Å². The Hall–Kier alpha value is -0.570. The Morgan fingerprint density at radius 2 is 1.93 bits per heavy atom. The number of hydrogen-bond acceptors (Lipinski definition) is 2.